The Morgan fingerprint density at radius 1 is 1.40 bits per heavy atom. The van der Waals surface area contributed by atoms with Crippen molar-refractivity contribution < 1.29 is 9.53 Å². The summed E-state index contributed by atoms with van der Waals surface area (Å²) in [5.41, 5.74) is -0.226. The lowest BCUT2D eigenvalue weighted by atomic mass is 9.91. The van der Waals surface area contributed by atoms with Gasteiger partial charge in [-0.15, -0.1) is 0 Å². The standard InChI is InChI=1S/C16H32N2O2/c1-12(2)17-16(6,14(19)20-7)10-13(3)18-9-8-15(4,5)11-18/h12-13,17H,8-11H2,1-7H3. The summed E-state index contributed by atoms with van der Waals surface area (Å²) in [5.74, 6) is -0.170. The molecule has 1 fully saturated rings. The fourth-order valence-corrected chi connectivity index (χ4v) is 3.31. The zero-order chi connectivity index (χ0) is 15.6. The summed E-state index contributed by atoms with van der Waals surface area (Å²) < 4.78 is 5.00. The Labute approximate surface area is 124 Å². The van der Waals surface area contributed by atoms with Crippen LogP contribution in [0.4, 0.5) is 0 Å². The highest BCUT2D eigenvalue weighted by atomic mass is 16.5. The van der Waals surface area contributed by atoms with Crippen LogP contribution in [0.3, 0.4) is 0 Å². The monoisotopic (exact) mass is 284 g/mol. The number of rotatable bonds is 6. The average Bonchev–Trinajstić information content (AvgIpc) is 2.67. The minimum atomic E-state index is -0.616. The number of nitrogens with one attached hydrogen (secondary N) is 1. The first-order valence-electron chi connectivity index (χ1n) is 7.70. The highest BCUT2D eigenvalue weighted by molar-refractivity contribution is 5.80. The van der Waals surface area contributed by atoms with E-state index in [0.29, 0.717) is 11.5 Å². The molecule has 1 heterocycles. The van der Waals surface area contributed by atoms with Gasteiger partial charge in [-0.25, -0.2) is 0 Å². The van der Waals surface area contributed by atoms with Crippen molar-refractivity contribution >= 4 is 5.97 Å². The highest BCUT2D eigenvalue weighted by Crippen LogP contribution is 2.32. The zero-order valence-electron chi connectivity index (χ0n) is 14.2. The van der Waals surface area contributed by atoms with Crippen LogP contribution >= 0.6 is 0 Å². The van der Waals surface area contributed by atoms with Crippen LogP contribution in [-0.4, -0.2) is 48.7 Å². The molecule has 2 unspecified atom stereocenters. The molecule has 0 aromatic heterocycles. The van der Waals surface area contributed by atoms with Crippen molar-refractivity contribution in [3.05, 3.63) is 0 Å². The molecule has 1 aliphatic heterocycles. The number of ether oxygens (including phenoxy) is 1. The molecule has 0 aromatic rings. The molecule has 118 valence electrons. The number of esters is 1. The summed E-state index contributed by atoms with van der Waals surface area (Å²) in [6.07, 6.45) is 2.00. The Morgan fingerprint density at radius 2 is 2.00 bits per heavy atom. The van der Waals surface area contributed by atoms with Gasteiger partial charge in [-0.05, 0) is 52.5 Å². The van der Waals surface area contributed by atoms with E-state index in [1.807, 2.05) is 6.92 Å². The summed E-state index contributed by atoms with van der Waals surface area (Å²) in [6.45, 7) is 15.1. The van der Waals surface area contributed by atoms with Gasteiger partial charge in [0, 0.05) is 18.6 Å². The molecule has 0 bridgehead atoms. The topological polar surface area (TPSA) is 41.6 Å². The number of hydrogen-bond acceptors (Lipinski definition) is 4. The van der Waals surface area contributed by atoms with Gasteiger partial charge in [-0.3, -0.25) is 10.1 Å². The molecule has 1 saturated heterocycles. The van der Waals surface area contributed by atoms with Gasteiger partial charge in [0.15, 0.2) is 0 Å². The van der Waals surface area contributed by atoms with Crippen molar-refractivity contribution in [2.75, 3.05) is 20.2 Å². The molecule has 1 aliphatic rings. The fourth-order valence-electron chi connectivity index (χ4n) is 3.31. The molecule has 0 amide bonds. The van der Waals surface area contributed by atoms with Crippen LogP contribution in [0.15, 0.2) is 0 Å². The van der Waals surface area contributed by atoms with Gasteiger partial charge in [-0.1, -0.05) is 13.8 Å². The third kappa shape index (κ3) is 4.45. The third-order valence-corrected chi connectivity index (χ3v) is 4.28. The molecular formula is C16H32N2O2. The maximum atomic E-state index is 12.1. The van der Waals surface area contributed by atoms with Crippen LogP contribution in [0.2, 0.25) is 0 Å². The van der Waals surface area contributed by atoms with E-state index in [2.05, 4.69) is 44.8 Å². The van der Waals surface area contributed by atoms with Gasteiger partial charge in [0.1, 0.15) is 5.54 Å². The smallest absolute Gasteiger partial charge is 0.325 e. The van der Waals surface area contributed by atoms with Crippen LogP contribution in [0.5, 0.6) is 0 Å². The SMILES string of the molecule is COC(=O)C(C)(CC(C)N1CCC(C)(C)C1)NC(C)C. The molecule has 0 aliphatic carbocycles. The van der Waals surface area contributed by atoms with E-state index >= 15 is 0 Å². The second kappa shape index (κ2) is 6.44. The van der Waals surface area contributed by atoms with Gasteiger partial charge in [0.05, 0.1) is 7.11 Å². The summed E-state index contributed by atoms with van der Waals surface area (Å²) >= 11 is 0. The third-order valence-electron chi connectivity index (χ3n) is 4.28. The normalized spacial score (nSPS) is 23.6. The molecular weight excluding hydrogens is 252 g/mol. The predicted molar refractivity (Wildman–Crippen MR) is 82.7 cm³/mol. The van der Waals surface area contributed by atoms with Crippen LogP contribution in [0.25, 0.3) is 0 Å². The zero-order valence-corrected chi connectivity index (χ0v) is 14.2. The van der Waals surface area contributed by atoms with Crippen LogP contribution in [0, 0.1) is 5.41 Å². The minimum Gasteiger partial charge on any atom is -0.468 e. The van der Waals surface area contributed by atoms with Crippen molar-refractivity contribution in [1.29, 1.82) is 0 Å². The molecule has 0 aromatic carbocycles. The second-order valence-electron chi connectivity index (χ2n) is 7.56. The van der Waals surface area contributed by atoms with Crippen molar-refractivity contribution in [2.45, 2.75) is 72.0 Å². The largest absolute Gasteiger partial charge is 0.468 e. The Morgan fingerprint density at radius 3 is 2.40 bits per heavy atom. The van der Waals surface area contributed by atoms with Gasteiger partial charge in [-0.2, -0.15) is 0 Å². The lowest BCUT2D eigenvalue weighted by Gasteiger charge is -2.36. The van der Waals surface area contributed by atoms with Crippen LogP contribution < -0.4 is 5.32 Å². The van der Waals surface area contributed by atoms with E-state index in [4.69, 9.17) is 4.74 Å². The van der Waals surface area contributed by atoms with E-state index in [-0.39, 0.29) is 12.0 Å². The molecule has 0 radical (unpaired) electrons. The minimum absolute atomic E-state index is 0.170. The lowest BCUT2D eigenvalue weighted by Crippen LogP contribution is -2.56. The molecule has 0 spiro atoms. The maximum Gasteiger partial charge on any atom is 0.325 e. The number of nitrogens with zero attached hydrogens (tertiary/aromatic N) is 1. The molecule has 20 heavy (non-hydrogen) atoms. The summed E-state index contributed by atoms with van der Waals surface area (Å²) in [6, 6.07) is 0.619. The molecule has 1 rings (SSSR count). The number of carbonyl (C=O) groups excluding carboxylic acids is 1. The van der Waals surface area contributed by atoms with Gasteiger partial charge < -0.3 is 9.64 Å². The summed E-state index contributed by atoms with van der Waals surface area (Å²) in [5, 5.41) is 3.38. The number of methoxy groups -OCH3 is 1. The van der Waals surface area contributed by atoms with Crippen LogP contribution in [-0.2, 0) is 9.53 Å². The lowest BCUT2D eigenvalue weighted by molar-refractivity contribution is -0.149. The molecule has 4 heteroatoms. The van der Waals surface area contributed by atoms with Crippen molar-refractivity contribution in [3.63, 3.8) is 0 Å². The van der Waals surface area contributed by atoms with Crippen molar-refractivity contribution in [2.24, 2.45) is 5.41 Å². The molecule has 2 atom stereocenters. The Balaban J connectivity index is 2.72. The Bertz CT molecular complexity index is 341. The van der Waals surface area contributed by atoms with Crippen molar-refractivity contribution in [1.82, 2.24) is 10.2 Å². The summed E-state index contributed by atoms with van der Waals surface area (Å²) in [7, 11) is 1.46. The number of hydrogen-bond donors (Lipinski definition) is 1. The quantitative estimate of drug-likeness (QED) is 0.761. The van der Waals surface area contributed by atoms with Crippen molar-refractivity contribution in [3.8, 4) is 0 Å². The highest BCUT2D eigenvalue weighted by Gasteiger charge is 2.39. The van der Waals surface area contributed by atoms with E-state index in [9.17, 15) is 4.79 Å². The Hall–Kier alpha value is -0.610. The van der Waals surface area contributed by atoms with Gasteiger partial charge in [0.2, 0.25) is 0 Å². The van der Waals surface area contributed by atoms with E-state index in [1.165, 1.54) is 13.5 Å². The first kappa shape index (κ1) is 17.4. The van der Waals surface area contributed by atoms with Gasteiger partial charge >= 0.3 is 5.97 Å². The predicted octanol–water partition coefficient (Wildman–Crippen LogP) is 2.43. The first-order chi connectivity index (χ1) is 9.09. The number of carbonyl (C=O) groups is 1. The summed E-state index contributed by atoms with van der Waals surface area (Å²) in [4.78, 5) is 14.6. The fraction of sp³-hybridized carbons (Fsp3) is 0.938. The van der Waals surface area contributed by atoms with Crippen LogP contribution in [0.1, 0.15) is 54.4 Å². The second-order valence-corrected chi connectivity index (χ2v) is 7.56. The molecule has 0 saturated carbocycles. The first-order valence-corrected chi connectivity index (χ1v) is 7.70. The van der Waals surface area contributed by atoms with E-state index < -0.39 is 5.54 Å². The maximum absolute atomic E-state index is 12.1. The van der Waals surface area contributed by atoms with E-state index in [1.54, 1.807) is 0 Å². The molecule has 4 nitrogen and oxygen atoms in total. The van der Waals surface area contributed by atoms with E-state index in [0.717, 1.165) is 19.5 Å². The van der Waals surface area contributed by atoms with Gasteiger partial charge in [0.25, 0.3) is 0 Å². The Kier molecular flexibility index (Phi) is 5.61. The molecule has 1 N–H and O–H groups in total. The average molecular weight is 284 g/mol. The number of likely N-dealkylation sites (tertiary alicyclic amines) is 1.